The minimum Gasteiger partial charge on any atom is -0.301 e. The van der Waals surface area contributed by atoms with Crippen LogP contribution in [-0.4, -0.2) is 16.1 Å². The Kier molecular flexibility index (Phi) is 5.20. The molecule has 0 aliphatic carbocycles. The molecule has 0 fully saturated rings. The molecule has 1 amide bonds. The Morgan fingerprint density at radius 1 is 1.35 bits per heavy atom. The molecule has 2 rings (SSSR count). The van der Waals surface area contributed by atoms with Crippen LogP contribution in [0.25, 0.3) is 0 Å². The van der Waals surface area contributed by atoms with E-state index in [-0.39, 0.29) is 11.2 Å². The topological polar surface area (TPSA) is 42.0 Å². The fourth-order valence-corrected chi connectivity index (χ4v) is 3.27. The number of hydrogen-bond donors (Lipinski definition) is 1. The maximum atomic E-state index is 12.1. The second-order valence-electron chi connectivity index (χ2n) is 4.59. The average molecular weight is 306 g/mol. The average Bonchev–Trinajstić information content (AvgIpc) is 2.75. The molecule has 2 aromatic rings. The summed E-state index contributed by atoms with van der Waals surface area (Å²) in [5.41, 5.74) is 2.22. The molecule has 20 heavy (non-hydrogen) atoms. The van der Waals surface area contributed by atoms with Crippen LogP contribution in [0.5, 0.6) is 0 Å². The van der Waals surface area contributed by atoms with Crippen molar-refractivity contribution in [2.75, 3.05) is 5.32 Å². The predicted octanol–water partition coefficient (Wildman–Crippen LogP) is 4.02. The van der Waals surface area contributed by atoms with E-state index in [2.05, 4.69) is 22.4 Å². The molecule has 106 valence electrons. The number of rotatable bonds is 5. The molecular formula is C15H18N2OS2. The molecule has 0 aliphatic heterocycles. The van der Waals surface area contributed by atoms with Crippen LogP contribution in [0.2, 0.25) is 0 Å². The lowest BCUT2D eigenvalue weighted by molar-refractivity contribution is -0.115. The van der Waals surface area contributed by atoms with E-state index in [4.69, 9.17) is 0 Å². The van der Waals surface area contributed by atoms with Crippen LogP contribution in [0.3, 0.4) is 0 Å². The normalized spacial score (nSPS) is 12.2. The Bertz CT molecular complexity index is 561. The van der Waals surface area contributed by atoms with Gasteiger partial charge in [-0.05, 0) is 26.3 Å². The maximum Gasteiger partial charge on any atom is 0.238 e. The van der Waals surface area contributed by atoms with E-state index in [1.54, 1.807) is 11.8 Å². The van der Waals surface area contributed by atoms with Crippen LogP contribution < -0.4 is 5.32 Å². The van der Waals surface area contributed by atoms with E-state index < -0.39 is 0 Å². The maximum absolute atomic E-state index is 12.1. The highest BCUT2D eigenvalue weighted by Crippen LogP contribution is 2.23. The van der Waals surface area contributed by atoms with E-state index in [0.29, 0.717) is 5.13 Å². The van der Waals surface area contributed by atoms with Crippen LogP contribution in [0.15, 0.2) is 30.3 Å². The Balaban J connectivity index is 1.86. The second kappa shape index (κ2) is 6.90. The standard InChI is InChI=1S/C15H18N2OS2/c1-10-11(2)20-15(16-10)17-14(18)12(3)19-9-13-7-5-4-6-8-13/h4-8,12H,9H2,1-3H3,(H,16,17,18). The van der Waals surface area contributed by atoms with Gasteiger partial charge in [-0.15, -0.1) is 23.1 Å². The van der Waals surface area contributed by atoms with Crippen molar-refractivity contribution in [1.29, 1.82) is 0 Å². The van der Waals surface area contributed by atoms with Crippen molar-refractivity contribution in [2.24, 2.45) is 0 Å². The highest BCUT2D eigenvalue weighted by Gasteiger charge is 2.15. The van der Waals surface area contributed by atoms with Gasteiger partial charge in [-0.3, -0.25) is 4.79 Å². The number of benzene rings is 1. The van der Waals surface area contributed by atoms with E-state index in [0.717, 1.165) is 16.3 Å². The number of carbonyl (C=O) groups is 1. The Hall–Kier alpha value is -1.33. The predicted molar refractivity (Wildman–Crippen MR) is 87.4 cm³/mol. The van der Waals surface area contributed by atoms with E-state index in [1.165, 1.54) is 16.9 Å². The van der Waals surface area contributed by atoms with E-state index >= 15 is 0 Å². The van der Waals surface area contributed by atoms with E-state index in [9.17, 15) is 4.79 Å². The quantitative estimate of drug-likeness (QED) is 0.907. The third-order valence-corrected chi connectivity index (χ3v) is 5.17. The first kappa shape index (κ1) is 15.1. The lowest BCUT2D eigenvalue weighted by Crippen LogP contribution is -2.22. The van der Waals surface area contributed by atoms with Crippen LogP contribution in [0.4, 0.5) is 5.13 Å². The second-order valence-corrected chi connectivity index (χ2v) is 7.12. The van der Waals surface area contributed by atoms with Crippen molar-refractivity contribution in [1.82, 2.24) is 4.98 Å². The van der Waals surface area contributed by atoms with Gasteiger partial charge >= 0.3 is 0 Å². The number of nitrogens with zero attached hydrogens (tertiary/aromatic N) is 1. The van der Waals surface area contributed by atoms with Gasteiger partial charge in [-0.25, -0.2) is 4.98 Å². The molecule has 1 N–H and O–H groups in total. The summed E-state index contributed by atoms with van der Waals surface area (Å²) >= 11 is 3.15. The molecule has 0 aliphatic rings. The fraction of sp³-hybridized carbons (Fsp3) is 0.333. The van der Waals surface area contributed by atoms with Crippen molar-refractivity contribution in [3.05, 3.63) is 46.5 Å². The van der Waals surface area contributed by atoms with Crippen LogP contribution in [-0.2, 0) is 10.5 Å². The van der Waals surface area contributed by atoms with Gasteiger partial charge in [0.25, 0.3) is 0 Å². The number of carbonyl (C=O) groups excluding carboxylic acids is 1. The number of thiazole rings is 1. The fourth-order valence-electron chi connectivity index (χ4n) is 1.60. The van der Waals surface area contributed by atoms with Gasteiger partial charge in [0.05, 0.1) is 10.9 Å². The highest BCUT2D eigenvalue weighted by atomic mass is 32.2. The molecule has 1 unspecified atom stereocenters. The van der Waals surface area contributed by atoms with Crippen molar-refractivity contribution in [2.45, 2.75) is 31.8 Å². The van der Waals surface area contributed by atoms with E-state index in [1.807, 2.05) is 39.0 Å². The molecular weight excluding hydrogens is 288 g/mol. The van der Waals surface area contributed by atoms with Crippen molar-refractivity contribution < 1.29 is 4.79 Å². The van der Waals surface area contributed by atoms with Gasteiger partial charge in [0.2, 0.25) is 5.91 Å². The van der Waals surface area contributed by atoms with Gasteiger partial charge in [0.15, 0.2) is 5.13 Å². The first-order valence-corrected chi connectivity index (χ1v) is 8.33. The van der Waals surface area contributed by atoms with Crippen molar-refractivity contribution in [3.63, 3.8) is 0 Å². The first-order valence-electron chi connectivity index (χ1n) is 6.46. The molecule has 5 heteroatoms. The number of aromatic nitrogens is 1. The lowest BCUT2D eigenvalue weighted by atomic mass is 10.2. The van der Waals surface area contributed by atoms with Crippen LogP contribution in [0.1, 0.15) is 23.1 Å². The zero-order chi connectivity index (χ0) is 14.5. The number of amides is 1. The summed E-state index contributed by atoms with van der Waals surface area (Å²) in [6.07, 6.45) is 0. The number of aryl methyl sites for hydroxylation is 2. The molecule has 1 aromatic carbocycles. The molecule has 0 saturated heterocycles. The third-order valence-electron chi connectivity index (χ3n) is 2.97. The van der Waals surface area contributed by atoms with Gasteiger partial charge in [-0.2, -0.15) is 0 Å². The zero-order valence-electron chi connectivity index (χ0n) is 11.8. The SMILES string of the molecule is Cc1nc(NC(=O)C(C)SCc2ccccc2)sc1C. The van der Waals surface area contributed by atoms with Crippen LogP contribution in [0, 0.1) is 13.8 Å². The van der Waals surface area contributed by atoms with Crippen molar-refractivity contribution in [3.8, 4) is 0 Å². The Labute approximate surface area is 127 Å². The molecule has 0 bridgehead atoms. The first-order chi connectivity index (χ1) is 9.56. The smallest absolute Gasteiger partial charge is 0.238 e. The highest BCUT2D eigenvalue weighted by molar-refractivity contribution is 7.99. The summed E-state index contributed by atoms with van der Waals surface area (Å²) in [4.78, 5) is 17.6. The summed E-state index contributed by atoms with van der Waals surface area (Å²) in [5.74, 6) is 0.852. The number of thioether (sulfide) groups is 1. The van der Waals surface area contributed by atoms with Gasteiger partial charge < -0.3 is 5.32 Å². The summed E-state index contributed by atoms with van der Waals surface area (Å²) in [5, 5.41) is 3.48. The molecule has 1 heterocycles. The summed E-state index contributed by atoms with van der Waals surface area (Å²) in [7, 11) is 0. The molecule has 1 atom stereocenters. The largest absolute Gasteiger partial charge is 0.301 e. The van der Waals surface area contributed by atoms with Gasteiger partial charge in [-0.1, -0.05) is 30.3 Å². The lowest BCUT2D eigenvalue weighted by Gasteiger charge is -2.10. The third kappa shape index (κ3) is 4.08. The summed E-state index contributed by atoms with van der Waals surface area (Å²) < 4.78 is 0. The Morgan fingerprint density at radius 3 is 2.65 bits per heavy atom. The number of hydrogen-bond acceptors (Lipinski definition) is 4. The monoisotopic (exact) mass is 306 g/mol. The van der Waals surface area contributed by atoms with Crippen molar-refractivity contribution >= 4 is 34.1 Å². The van der Waals surface area contributed by atoms with Gasteiger partial charge in [0, 0.05) is 10.6 Å². The molecule has 0 spiro atoms. The summed E-state index contributed by atoms with van der Waals surface area (Å²) in [6, 6.07) is 10.2. The molecule has 3 nitrogen and oxygen atoms in total. The molecule has 1 aromatic heterocycles. The number of anilines is 1. The number of nitrogens with one attached hydrogen (secondary N) is 1. The molecule has 0 radical (unpaired) electrons. The summed E-state index contributed by atoms with van der Waals surface area (Å²) in [6.45, 7) is 5.89. The Morgan fingerprint density at radius 2 is 2.05 bits per heavy atom. The minimum atomic E-state index is -0.0975. The minimum absolute atomic E-state index is 0.0136. The molecule has 0 saturated carbocycles. The zero-order valence-corrected chi connectivity index (χ0v) is 13.5. The van der Waals surface area contributed by atoms with Crippen LogP contribution >= 0.6 is 23.1 Å². The van der Waals surface area contributed by atoms with Gasteiger partial charge in [0.1, 0.15) is 0 Å².